The van der Waals surface area contributed by atoms with E-state index in [0.717, 1.165) is 16.7 Å². The fourth-order valence-corrected chi connectivity index (χ4v) is 3.20. The summed E-state index contributed by atoms with van der Waals surface area (Å²) in [6.45, 7) is -0.449. The Hall–Kier alpha value is -3.46. The largest absolute Gasteiger partial charge is 0.508 e. The summed E-state index contributed by atoms with van der Waals surface area (Å²) in [7, 11) is 0. The molecule has 27 heavy (non-hydrogen) atoms. The molecule has 0 spiro atoms. The maximum atomic E-state index is 12.4. The van der Waals surface area contributed by atoms with Crippen LogP contribution in [0.1, 0.15) is 15.9 Å². The first-order valence-corrected chi connectivity index (χ1v) is 8.49. The highest BCUT2D eigenvalue weighted by molar-refractivity contribution is 8.18. The van der Waals surface area contributed by atoms with E-state index in [2.05, 4.69) is 0 Å². The second kappa shape index (κ2) is 7.42. The smallest absolute Gasteiger partial charge is 0.293 e. The number of phenolic OH excluding ortho intramolecular Hbond substituents is 1. The van der Waals surface area contributed by atoms with Gasteiger partial charge in [-0.2, -0.15) is 0 Å². The minimum Gasteiger partial charge on any atom is -0.508 e. The number of nitro benzene ring substituents is 1. The number of non-ortho nitro benzene ring substituents is 1. The molecule has 2 aromatic rings. The van der Waals surface area contributed by atoms with Crippen LogP contribution in [0.2, 0.25) is 0 Å². The van der Waals surface area contributed by atoms with Crippen molar-refractivity contribution in [3.63, 3.8) is 0 Å². The van der Waals surface area contributed by atoms with Gasteiger partial charge in [0, 0.05) is 17.7 Å². The van der Waals surface area contributed by atoms with Crippen LogP contribution in [0, 0.1) is 10.1 Å². The third-order valence-corrected chi connectivity index (χ3v) is 4.67. The summed E-state index contributed by atoms with van der Waals surface area (Å²) in [5, 5.41) is 19.4. The third-order valence-electron chi connectivity index (χ3n) is 3.77. The number of benzene rings is 2. The number of imide groups is 1. The number of hydrogen-bond donors (Lipinski definition) is 1. The molecule has 1 N–H and O–H groups in total. The van der Waals surface area contributed by atoms with Crippen molar-refractivity contribution in [1.82, 2.24) is 4.90 Å². The number of amides is 2. The average Bonchev–Trinajstić information content (AvgIpc) is 2.91. The molecule has 1 aliphatic rings. The number of hydrogen-bond acceptors (Lipinski definition) is 7. The van der Waals surface area contributed by atoms with Gasteiger partial charge in [0.2, 0.25) is 0 Å². The van der Waals surface area contributed by atoms with Crippen LogP contribution in [0.25, 0.3) is 6.08 Å². The van der Waals surface area contributed by atoms with Gasteiger partial charge < -0.3 is 5.11 Å². The van der Waals surface area contributed by atoms with Crippen LogP contribution in [0.4, 0.5) is 10.5 Å². The van der Waals surface area contributed by atoms with Crippen LogP contribution in [-0.2, 0) is 4.79 Å². The Morgan fingerprint density at radius 2 is 1.74 bits per heavy atom. The van der Waals surface area contributed by atoms with E-state index in [-0.39, 0.29) is 21.9 Å². The van der Waals surface area contributed by atoms with Crippen LogP contribution in [0.5, 0.6) is 5.75 Å². The molecule has 2 aromatic carbocycles. The molecular weight excluding hydrogens is 372 g/mol. The average molecular weight is 384 g/mol. The molecule has 1 aliphatic heterocycles. The number of carbonyl (C=O) groups excluding carboxylic acids is 3. The van der Waals surface area contributed by atoms with E-state index in [0.29, 0.717) is 5.56 Å². The van der Waals surface area contributed by atoms with Gasteiger partial charge in [-0.15, -0.1) is 0 Å². The van der Waals surface area contributed by atoms with E-state index in [4.69, 9.17) is 0 Å². The fourth-order valence-electron chi connectivity index (χ4n) is 2.36. The lowest BCUT2D eigenvalue weighted by Crippen LogP contribution is -2.33. The standard InChI is InChI=1S/C18H12N2O6S/c21-14-7-1-11(2-8-14)9-16-17(23)19(18(24)27-16)10-15(22)12-3-5-13(6-4-12)20(25)26/h1-9,21H,10H2/b16-9+. The Morgan fingerprint density at radius 1 is 1.11 bits per heavy atom. The van der Waals surface area contributed by atoms with E-state index in [1.807, 2.05) is 0 Å². The van der Waals surface area contributed by atoms with Crippen molar-refractivity contribution in [3.05, 3.63) is 74.7 Å². The Labute approximate surface area is 157 Å². The van der Waals surface area contributed by atoms with Gasteiger partial charge in [0.15, 0.2) is 5.78 Å². The summed E-state index contributed by atoms with van der Waals surface area (Å²) in [6.07, 6.45) is 1.50. The van der Waals surface area contributed by atoms with Crippen molar-refractivity contribution >= 4 is 40.5 Å². The predicted molar refractivity (Wildman–Crippen MR) is 98.2 cm³/mol. The quantitative estimate of drug-likeness (QED) is 0.364. The monoisotopic (exact) mass is 384 g/mol. The number of Topliss-reactive ketones (excluding diaryl/α,β-unsaturated/α-hetero) is 1. The number of carbonyl (C=O) groups is 3. The second-order valence-corrected chi connectivity index (χ2v) is 6.58. The molecule has 8 nitrogen and oxygen atoms in total. The molecular formula is C18H12N2O6S. The summed E-state index contributed by atoms with van der Waals surface area (Å²) in [5.74, 6) is -1.01. The fraction of sp³-hybridized carbons (Fsp3) is 0.0556. The number of rotatable bonds is 5. The number of phenols is 1. The highest BCUT2D eigenvalue weighted by Gasteiger charge is 2.36. The minimum absolute atomic E-state index is 0.0777. The Bertz CT molecular complexity index is 966. The van der Waals surface area contributed by atoms with Gasteiger partial charge in [-0.25, -0.2) is 0 Å². The molecule has 0 aliphatic carbocycles. The van der Waals surface area contributed by atoms with Crippen molar-refractivity contribution in [1.29, 1.82) is 0 Å². The topological polar surface area (TPSA) is 118 Å². The van der Waals surface area contributed by atoms with Gasteiger partial charge in [0.25, 0.3) is 16.8 Å². The van der Waals surface area contributed by atoms with Crippen molar-refractivity contribution in [3.8, 4) is 5.75 Å². The maximum absolute atomic E-state index is 12.4. The highest BCUT2D eigenvalue weighted by atomic mass is 32.2. The highest BCUT2D eigenvalue weighted by Crippen LogP contribution is 2.32. The van der Waals surface area contributed by atoms with Crippen LogP contribution in [0.15, 0.2) is 53.4 Å². The summed E-state index contributed by atoms with van der Waals surface area (Å²) < 4.78 is 0. The maximum Gasteiger partial charge on any atom is 0.293 e. The second-order valence-electron chi connectivity index (χ2n) is 5.59. The number of nitrogens with zero attached hydrogens (tertiary/aromatic N) is 2. The zero-order valence-corrected chi connectivity index (χ0v) is 14.5. The Morgan fingerprint density at radius 3 is 2.33 bits per heavy atom. The van der Waals surface area contributed by atoms with Crippen molar-refractivity contribution in [2.24, 2.45) is 0 Å². The number of nitro groups is 1. The molecule has 9 heteroatoms. The first kappa shape index (κ1) is 18.3. The van der Waals surface area contributed by atoms with Gasteiger partial charge in [-0.1, -0.05) is 12.1 Å². The first-order valence-electron chi connectivity index (χ1n) is 7.67. The van der Waals surface area contributed by atoms with Crippen LogP contribution >= 0.6 is 11.8 Å². The van der Waals surface area contributed by atoms with E-state index in [9.17, 15) is 29.6 Å². The molecule has 136 valence electrons. The van der Waals surface area contributed by atoms with E-state index < -0.39 is 28.4 Å². The molecule has 0 aromatic heterocycles. The van der Waals surface area contributed by atoms with Crippen LogP contribution in [-0.4, -0.2) is 38.4 Å². The van der Waals surface area contributed by atoms with Gasteiger partial charge in [-0.3, -0.25) is 29.4 Å². The first-order chi connectivity index (χ1) is 12.8. The lowest BCUT2D eigenvalue weighted by molar-refractivity contribution is -0.384. The molecule has 0 saturated carbocycles. The SMILES string of the molecule is O=C(CN1C(=O)S/C(=C/c2ccc(O)cc2)C1=O)c1ccc([N+](=O)[O-])cc1. The van der Waals surface area contributed by atoms with Gasteiger partial charge >= 0.3 is 0 Å². The summed E-state index contributed by atoms with van der Waals surface area (Å²) in [6, 6.07) is 11.0. The molecule has 0 bridgehead atoms. The molecule has 3 rings (SSSR count). The summed E-state index contributed by atoms with van der Waals surface area (Å²) in [5.41, 5.74) is 0.636. The molecule has 0 unspecified atom stereocenters. The Kier molecular flexibility index (Phi) is 5.04. The molecule has 0 atom stereocenters. The Balaban J connectivity index is 1.74. The van der Waals surface area contributed by atoms with Crippen molar-refractivity contribution in [2.45, 2.75) is 0 Å². The summed E-state index contributed by atoms with van der Waals surface area (Å²) >= 11 is 0.719. The number of ketones is 1. The lowest BCUT2D eigenvalue weighted by atomic mass is 10.1. The molecule has 1 fully saturated rings. The molecule has 1 heterocycles. The van der Waals surface area contributed by atoms with Gasteiger partial charge in [0.1, 0.15) is 5.75 Å². The number of aromatic hydroxyl groups is 1. The zero-order chi connectivity index (χ0) is 19.6. The van der Waals surface area contributed by atoms with E-state index in [1.54, 1.807) is 12.1 Å². The van der Waals surface area contributed by atoms with Crippen molar-refractivity contribution in [2.75, 3.05) is 6.54 Å². The van der Waals surface area contributed by atoms with Crippen molar-refractivity contribution < 1.29 is 24.4 Å². The lowest BCUT2D eigenvalue weighted by Gasteiger charge is -2.11. The van der Waals surface area contributed by atoms with Gasteiger partial charge in [-0.05, 0) is 47.7 Å². The van der Waals surface area contributed by atoms with Crippen LogP contribution in [0.3, 0.4) is 0 Å². The van der Waals surface area contributed by atoms with E-state index >= 15 is 0 Å². The molecule has 1 saturated heterocycles. The molecule has 0 radical (unpaired) electrons. The van der Waals surface area contributed by atoms with E-state index in [1.165, 1.54) is 42.5 Å². The van der Waals surface area contributed by atoms with Crippen LogP contribution < -0.4 is 0 Å². The normalized spacial score (nSPS) is 15.4. The summed E-state index contributed by atoms with van der Waals surface area (Å²) in [4.78, 5) is 47.9. The predicted octanol–water partition coefficient (Wildman–Crippen LogP) is 3.22. The van der Waals surface area contributed by atoms with Gasteiger partial charge in [0.05, 0.1) is 16.4 Å². The minimum atomic E-state index is -0.590. The number of thioether (sulfide) groups is 1. The zero-order valence-electron chi connectivity index (χ0n) is 13.7. The third kappa shape index (κ3) is 4.04. The molecule has 2 amide bonds.